The molecule has 0 aliphatic heterocycles. The van der Waals surface area contributed by atoms with Crippen molar-refractivity contribution >= 4 is 11.9 Å². The molecule has 3 aromatic heterocycles. The number of hydrogen-bond donors (Lipinski definition) is 2. The minimum Gasteiger partial charge on any atom is -0.368 e. The molecule has 3 aromatic rings. The summed E-state index contributed by atoms with van der Waals surface area (Å²) in [5.74, 6) is 1.43. The molecule has 3 heterocycles. The van der Waals surface area contributed by atoms with Gasteiger partial charge in [0.25, 0.3) is 5.95 Å². The Morgan fingerprint density at radius 3 is 2.95 bits per heavy atom. The van der Waals surface area contributed by atoms with E-state index in [1.165, 1.54) is 17.3 Å². The minimum atomic E-state index is 0.0873. The Kier molecular flexibility index (Phi) is 2.95. The van der Waals surface area contributed by atoms with Crippen molar-refractivity contribution in [3.63, 3.8) is 0 Å². The standard InChI is InChI=1S/C10H11N9O/c1-6-2-7(18-20-6)3-13-9-15-8(11)16-10(17-9)19-5-12-4-14-19/h2,4-5H,3H2,1H3,(H3,11,13,15,16,17). The van der Waals surface area contributed by atoms with Crippen molar-refractivity contribution in [3.05, 3.63) is 30.2 Å². The van der Waals surface area contributed by atoms with E-state index in [9.17, 15) is 0 Å². The van der Waals surface area contributed by atoms with Gasteiger partial charge in [0, 0.05) is 6.07 Å². The second-order valence-corrected chi connectivity index (χ2v) is 3.94. The molecule has 0 aliphatic carbocycles. The van der Waals surface area contributed by atoms with Crippen LogP contribution in [0.15, 0.2) is 23.2 Å². The van der Waals surface area contributed by atoms with E-state index in [-0.39, 0.29) is 11.9 Å². The van der Waals surface area contributed by atoms with E-state index in [4.69, 9.17) is 10.3 Å². The van der Waals surface area contributed by atoms with Crippen LogP contribution >= 0.6 is 0 Å². The van der Waals surface area contributed by atoms with E-state index in [2.05, 4.69) is 35.5 Å². The van der Waals surface area contributed by atoms with Crippen LogP contribution in [0, 0.1) is 6.92 Å². The summed E-state index contributed by atoms with van der Waals surface area (Å²) < 4.78 is 6.36. The lowest BCUT2D eigenvalue weighted by Crippen LogP contribution is -2.11. The van der Waals surface area contributed by atoms with Gasteiger partial charge in [-0.05, 0) is 6.92 Å². The number of rotatable bonds is 4. The number of aryl methyl sites for hydroxylation is 1. The number of nitrogens with two attached hydrogens (primary N) is 1. The fraction of sp³-hybridized carbons (Fsp3) is 0.200. The number of anilines is 2. The van der Waals surface area contributed by atoms with E-state index >= 15 is 0 Å². The summed E-state index contributed by atoms with van der Waals surface area (Å²) in [5, 5.41) is 10.8. The summed E-state index contributed by atoms with van der Waals surface area (Å²) >= 11 is 0. The van der Waals surface area contributed by atoms with Gasteiger partial charge < -0.3 is 15.6 Å². The summed E-state index contributed by atoms with van der Waals surface area (Å²) in [6.07, 6.45) is 2.85. The first-order valence-electron chi connectivity index (χ1n) is 5.73. The molecular weight excluding hydrogens is 262 g/mol. The molecule has 0 aliphatic rings. The van der Waals surface area contributed by atoms with Gasteiger partial charge in [-0.15, -0.1) is 0 Å². The maximum atomic E-state index is 5.64. The van der Waals surface area contributed by atoms with Crippen molar-refractivity contribution in [2.24, 2.45) is 0 Å². The molecule has 102 valence electrons. The summed E-state index contributed by atoms with van der Waals surface area (Å²) in [6, 6.07) is 1.82. The van der Waals surface area contributed by atoms with Crippen LogP contribution in [0.4, 0.5) is 11.9 Å². The molecule has 3 N–H and O–H groups in total. The van der Waals surface area contributed by atoms with Gasteiger partial charge in [0.2, 0.25) is 11.9 Å². The van der Waals surface area contributed by atoms with Gasteiger partial charge in [-0.1, -0.05) is 5.16 Å². The monoisotopic (exact) mass is 273 g/mol. The van der Waals surface area contributed by atoms with Crippen molar-refractivity contribution in [3.8, 4) is 5.95 Å². The van der Waals surface area contributed by atoms with Crippen molar-refractivity contribution in [1.82, 2.24) is 34.9 Å². The Morgan fingerprint density at radius 1 is 1.35 bits per heavy atom. The Hall–Kier alpha value is -3.04. The average Bonchev–Trinajstić information content (AvgIpc) is 3.07. The van der Waals surface area contributed by atoms with Crippen LogP contribution in [0.2, 0.25) is 0 Å². The molecule has 3 rings (SSSR count). The number of aromatic nitrogens is 7. The number of hydrogen-bond acceptors (Lipinski definition) is 9. The second-order valence-electron chi connectivity index (χ2n) is 3.94. The zero-order valence-corrected chi connectivity index (χ0v) is 10.6. The predicted octanol–water partition coefficient (Wildman–Crippen LogP) is -0.0570. The van der Waals surface area contributed by atoms with Crippen LogP contribution in [-0.2, 0) is 6.54 Å². The molecule has 20 heavy (non-hydrogen) atoms. The molecule has 10 heteroatoms. The number of nitrogen functional groups attached to an aromatic ring is 1. The molecule has 0 aromatic carbocycles. The third kappa shape index (κ3) is 2.53. The van der Waals surface area contributed by atoms with Crippen molar-refractivity contribution in [1.29, 1.82) is 0 Å². The summed E-state index contributed by atoms with van der Waals surface area (Å²) in [7, 11) is 0. The lowest BCUT2D eigenvalue weighted by atomic mass is 10.4. The highest BCUT2D eigenvalue weighted by molar-refractivity contribution is 5.35. The molecular formula is C10H11N9O. The zero-order chi connectivity index (χ0) is 13.9. The number of nitrogens with zero attached hydrogens (tertiary/aromatic N) is 7. The Balaban J connectivity index is 1.79. The molecule has 0 radical (unpaired) electrons. The van der Waals surface area contributed by atoms with Crippen molar-refractivity contribution in [2.75, 3.05) is 11.1 Å². The molecule has 0 unspecified atom stereocenters. The van der Waals surface area contributed by atoms with E-state index in [1.54, 1.807) is 0 Å². The fourth-order valence-electron chi connectivity index (χ4n) is 1.54. The highest BCUT2D eigenvalue weighted by Crippen LogP contribution is 2.08. The summed E-state index contributed by atoms with van der Waals surface area (Å²) in [4.78, 5) is 16.0. The van der Waals surface area contributed by atoms with Crippen molar-refractivity contribution in [2.45, 2.75) is 13.5 Å². The van der Waals surface area contributed by atoms with Crippen LogP contribution in [0.1, 0.15) is 11.5 Å². The third-order valence-electron chi connectivity index (χ3n) is 2.37. The van der Waals surface area contributed by atoms with E-state index in [0.29, 0.717) is 12.5 Å². The van der Waals surface area contributed by atoms with E-state index in [1.807, 2.05) is 13.0 Å². The van der Waals surface area contributed by atoms with E-state index in [0.717, 1.165) is 11.5 Å². The fourth-order valence-corrected chi connectivity index (χ4v) is 1.54. The topological polar surface area (TPSA) is 133 Å². The largest absolute Gasteiger partial charge is 0.368 e. The molecule has 0 atom stereocenters. The second kappa shape index (κ2) is 4.91. The lowest BCUT2D eigenvalue weighted by molar-refractivity contribution is 0.391. The molecule has 0 spiro atoms. The molecule has 0 amide bonds. The van der Waals surface area contributed by atoms with Gasteiger partial charge in [-0.3, -0.25) is 0 Å². The predicted molar refractivity (Wildman–Crippen MR) is 67.7 cm³/mol. The van der Waals surface area contributed by atoms with Crippen LogP contribution in [0.5, 0.6) is 0 Å². The Labute approximate surface area is 113 Å². The van der Waals surface area contributed by atoms with Gasteiger partial charge in [-0.25, -0.2) is 4.98 Å². The zero-order valence-electron chi connectivity index (χ0n) is 10.6. The van der Waals surface area contributed by atoms with E-state index < -0.39 is 0 Å². The summed E-state index contributed by atoms with van der Waals surface area (Å²) in [5.41, 5.74) is 6.38. The van der Waals surface area contributed by atoms with Gasteiger partial charge in [-0.2, -0.15) is 24.7 Å². The van der Waals surface area contributed by atoms with Gasteiger partial charge in [0.05, 0.1) is 6.54 Å². The van der Waals surface area contributed by atoms with Crippen molar-refractivity contribution < 1.29 is 4.52 Å². The third-order valence-corrected chi connectivity index (χ3v) is 2.37. The average molecular weight is 273 g/mol. The molecule has 10 nitrogen and oxygen atoms in total. The molecule has 0 saturated heterocycles. The smallest absolute Gasteiger partial charge is 0.258 e. The van der Waals surface area contributed by atoms with Crippen LogP contribution in [0.3, 0.4) is 0 Å². The van der Waals surface area contributed by atoms with Crippen LogP contribution in [-0.4, -0.2) is 34.9 Å². The minimum absolute atomic E-state index is 0.0873. The highest BCUT2D eigenvalue weighted by atomic mass is 16.5. The van der Waals surface area contributed by atoms with Gasteiger partial charge >= 0.3 is 0 Å². The van der Waals surface area contributed by atoms with Gasteiger partial charge in [0.1, 0.15) is 24.1 Å². The normalized spacial score (nSPS) is 10.7. The molecule has 0 fully saturated rings. The first-order chi connectivity index (χ1) is 9.70. The maximum absolute atomic E-state index is 5.64. The Morgan fingerprint density at radius 2 is 2.25 bits per heavy atom. The number of nitrogens with one attached hydrogen (secondary N) is 1. The first kappa shape index (κ1) is 12.0. The highest BCUT2D eigenvalue weighted by Gasteiger charge is 2.07. The lowest BCUT2D eigenvalue weighted by Gasteiger charge is -2.05. The van der Waals surface area contributed by atoms with Crippen LogP contribution in [0.25, 0.3) is 5.95 Å². The quantitative estimate of drug-likeness (QED) is 0.670. The van der Waals surface area contributed by atoms with Crippen LogP contribution < -0.4 is 11.1 Å². The SMILES string of the molecule is Cc1cc(CNc2nc(N)nc(-n3cncn3)n2)no1. The molecule has 0 bridgehead atoms. The molecule has 0 saturated carbocycles. The first-order valence-corrected chi connectivity index (χ1v) is 5.73. The van der Waals surface area contributed by atoms with Gasteiger partial charge in [0.15, 0.2) is 0 Å². The Bertz CT molecular complexity index is 705. The summed E-state index contributed by atoms with van der Waals surface area (Å²) in [6.45, 7) is 2.23. The maximum Gasteiger partial charge on any atom is 0.258 e.